The number of nitrogens with zero attached hydrogens (tertiary/aromatic N) is 4. The number of carbonyl (C=O) groups excluding carboxylic acids is 2. The fourth-order valence-corrected chi connectivity index (χ4v) is 3.89. The molecule has 2 aromatic carbocycles. The number of hydrogen-bond donors (Lipinski definition) is 2. The van der Waals surface area contributed by atoms with Crippen LogP contribution in [0.3, 0.4) is 0 Å². The SMILES string of the molecule is CN=C(NCCCCN1C(=O)c2ccccc2C1=O)NC(C)c1cccc(-n2cccn2)c1.I. The minimum absolute atomic E-state index is 0. The van der Waals surface area contributed by atoms with Crippen molar-refractivity contribution in [3.8, 4) is 5.69 Å². The van der Waals surface area contributed by atoms with Gasteiger partial charge in [0.05, 0.1) is 22.9 Å². The van der Waals surface area contributed by atoms with E-state index in [-0.39, 0.29) is 41.8 Å². The largest absolute Gasteiger partial charge is 0.356 e. The second-order valence-corrected chi connectivity index (χ2v) is 7.93. The zero-order chi connectivity index (χ0) is 23.2. The van der Waals surface area contributed by atoms with Crippen molar-refractivity contribution in [3.63, 3.8) is 0 Å². The van der Waals surface area contributed by atoms with Gasteiger partial charge in [0.2, 0.25) is 0 Å². The Morgan fingerprint density at radius 3 is 2.41 bits per heavy atom. The van der Waals surface area contributed by atoms with Crippen LogP contribution >= 0.6 is 24.0 Å². The van der Waals surface area contributed by atoms with Crippen molar-refractivity contribution < 1.29 is 9.59 Å². The molecule has 0 bridgehead atoms. The number of unbranched alkanes of at least 4 members (excludes halogenated alkanes) is 1. The van der Waals surface area contributed by atoms with Crippen LogP contribution in [0, 0.1) is 0 Å². The van der Waals surface area contributed by atoms with Gasteiger partial charge in [-0.3, -0.25) is 19.5 Å². The average Bonchev–Trinajstić information content (AvgIpc) is 3.47. The van der Waals surface area contributed by atoms with Crippen LogP contribution in [-0.4, -0.2) is 52.6 Å². The second kappa shape index (κ2) is 11.8. The summed E-state index contributed by atoms with van der Waals surface area (Å²) < 4.78 is 1.83. The molecule has 1 unspecified atom stereocenters. The normalized spacial score (nSPS) is 13.9. The zero-order valence-electron chi connectivity index (χ0n) is 19.3. The molecule has 2 heterocycles. The van der Waals surface area contributed by atoms with Crippen molar-refractivity contribution in [2.75, 3.05) is 20.1 Å². The molecule has 4 rings (SSSR count). The highest BCUT2D eigenvalue weighted by molar-refractivity contribution is 14.0. The first-order valence-corrected chi connectivity index (χ1v) is 11.1. The predicted octanol–water partition coefficient (Wildman–Crippen LogP) is 3.79. The number of imide groups is 1. The molecular formula is C25H29IN6O2. The van der Waals surface area contributed by atoms with Crippen molar-refractivity contribution in [1.82, 2.24) is 25.3 Å². The number of nitrogens with one attached hydrogen (secondary N) is 2. The van der Waals surface area contributed by atoms with Crippen LogP contribution in [0.2, 0.25) is 0 Å². The molecule has 1 aromatic heterocycles. The van der Waals surface area contributed by atoms with Crippen molar-refractivity contribution in [1.29, 1.82) is 0 Å². The highest BCUT2D eigenvalue weighted by atomic mass is 127. The van der Waals surface area contributed by atoms with Gasteiger partial charge < -0.3 is 10.6 Å². The van der Waals surface area contributed by atoms with E-state index >= 15 is 0 Å². The highest BCUT2D eigenvalue weighted by Crippen LogP contribution is 2.22. The Bertz CT molecular complexity index is 1130. The van der Waals surface area contributed by atoms with Crippen molar-refractivity contribution in [3.05, 3.63) is 83.7 Å². The Morgan fingerprint density at radius 2 is 1.76 bits per heavy atom. The lowest BCUT2D eigenvalue weighted by Crippen LogP contribution is -2.39. The standard InChI is InChI=1S/C25H28N6O2.HI/c1-18(19-9-7-10-20(17-19)31-16-8-14-28-31)29-25(26-2)27-13-5-6-15-30-23(32)21-11-3-4-12-22(21)24(30)33;/h3-4,7-12,14,16-18H,5-6,13,15H2,1-2H3,(H2,26,27,29);1H. The maximum Gasteiger partial charge on any atom is 0.261 e. The number of aromatic nitrogens is 2. The lowest BCUT2D eigenvalue weighted by atomic mass is 10.1. The van der Waals surface area contributed by atoms with Gasteiger partial charge in [-0.2, -0.15) is 5.10 Å². The van der Waals surface area contributed by atoms with E-state index in [0.29, 0.717) is 30.2 Å². The average molecular weight is 572 g/mol. The molecular weight excluding hydrogens is 543 g/mol. The van der Waals surface area contributed by atoms with Gasteiger partial charge in [0.25, 0.3) is 11.8 Å². The Balaban J connectivity index is 0.00000324. The Labute approximate surface area is 216 Å². The monoisotopic (exact) mass is 572 g/mol. The van der Waals surface area contributed by atoms with E-state index in [4.69, 9.17) is 0 Å². The number of halogens is 1. The van der Waals surface area contributed by atoms with Crippen LogP contribution in [0.15, 0.2) is 72.0 Å². The van der Waals surface area contributed by atoms with E-state index in [0.717, 1.165) is 24.1 Å². The molecule has 8 nitrogen and oxygen atoms in total. The topological polar surface area (TPSA) is 91.6 Å². The molecule has 3 aromatic rings. The molecule has 0 saturated heterocycles. The molecule has 34 heavy (non-hydrogen) atoms. The predicted molar refractivity (Wildman–Crippen MR) is 143 cm³/mol. The van der Waals surface area contributed by atoms with E-state index in [9.17, 15) is 9.59 Å². The van der Waals surface area contributed by atoms with Crippen molar-refractivity contribution in [2.45, 2.75) is 25.8 Å². The van der Waals surface area contributed by atoms with Gasteiger partial charge in [0, 0.05) is 32.5 Å². The Morgan fingerprint density at radius 1 is 1.03 bits per heavy atom. The number of benzene rings is 2. The first-order valence-electron chi connectivity index (χ1n) is 11.1. The molecule has 0 spiro atoms. The minimum atomic E-state index is -0.202. The van der Waals surface area contributed by atoms with E-state index < -0.39 is 0 Å². The third-order valence-electron chi connectivity index (χ3n) is 5.70. The molecule has 2 N–H and O–H groups in total. The number of rotatable bonds is 8. The summed E-state index contributed by atoms with van der Waals surface area (Å²) in [6.07, 6.45) is 5.20. The molecule has 9 heteroatoms. The summed E-state index contributed by atoms with van der Waals surface area (Å²) >= 11 is 0. The third-order valence-corrected chi connectivity index (χ3v) is 5.70. The smallest absolute Gasteiger partial charge is 0.261 e. The van der Waals surface area contributed by atoms with Crippen LogP contribution in [0.5, 0.6) is 0 Å². The van der Waals surface area contributed by atoms with Gasteiger partial charge in [0.15, 0.2) is 5.96 Å². The maximum absolute atomic E-state index is 12.4. The third kappa shape index (κ3) is 5.64. The quantitative estimate of drug-likeness (QED) is 0.141. The van der Waals surface area contributed by atoms with Gasteiger partial charge >= 0.3 is 0 Å². The van der Waals surface area contributed by atoms with Gasteiger partial charge in [-0.15, -0.1) is 24.0 Å². The van der Waals surface area contributed by atoms with Gasteiger partial charge in [-0.1, -0.05) is 24.3 Å². The molecule has 0 aliphatic carbocycles. The first-order chi connectivity index (χ1) is 16.1. The Hall–Kier alpha value is -3.21. The minimum Gasteiger partial charge on any atom is -0.356 e. The van der Waals surface area contributed by atoms with E-state index in [1.807, 2.05) is 29.1 Å². The first kappa shape index (κ1) is 25.4. The zero-order valence-corrected chi connectivity index (χ0v) is 21.6. The fourth-order valence-electron chi connectivity index (χ4n) is 3.89. The lowest BCUT2D eigenvalue weighted by Gasteiger charge is -2.19. The van der Waals surface area contributed by atoms with Crippen LogP contribution in [0.25, 0.3) is 5.69 Å². The number of guanidine groups is 1. The van der Waals surface area contributed by atoms with Gasteiger partial charge in [0.1, 0.15) is 0 Å². The molecule has 178 valence electrons. The second-order valence-electron chi connectivity index (χ2n) is 7.93. The summed E-state index contributed by atoms with van der Waals surface area (Å²) in [5, 5.41) is 11.0. The van der Waals surface area contributed by atoms with E-state index in [1.165, 1.54) is 4.90 Å². The number of fused-ring (bicyclic) bond motifs is 1. The van der Waals surface area contributed by atoms with Crippen LogP contribution in [0.4, 0.5) is 0 Å². The van der Waals surface area contributed by atoms with Crippen molar-refractivity contribution in [2.24, 2.45) is 4.99 Å². The summed E-state index contributed by atoms with van der Waals surface area (Å²) in [7, 11) is 1.74. The summed E-state index contributed by atoms with van der Waals surface area (Å²) in [5.41, 5.74) is 3.12. The molecule has 0 fully saturated rings. The summed E-state index contributed by atoms with van der Waals surface area (Å²) in [5.74, 6) is 0.298. The van der Waals surface area contributed by atoms with Gasteiger partial charge in [-0.05, 0) is 55.7 Å². The summed E-state index contributed by atoms with van der Waals surface area (Å²) in [6.45, 7) is 3.18. The summed E-state index contributed by atoms with van der Waals surface area (Å²) in [6, 6.07) is 17.1. The van der Waals surface area contributed by atoms with Crippen molar-refractivity contribution >= 4 is 41.8 Å². The Kier molecular flexibility index (Phi) is 8.80. The highest BCUT2D eigenvalue weighted by Gasteiger charge is 2.34. The van der Waals surface area contributed by atoms with Gasteiger partial charge in [-0.25, -0.2) is 4.68 Å². The van der Waals surface area contributed by atoms with E-state index in [2.05, 4.69) is 39.8 Å². The number of amides is 2. The number of aliphatic imine (C=N–C) groups is 1. The lowest BCUT2D eigenvalue weighted by molar-refractivity contribution is 0.0652. The van der Waals surface area contributed by atoms with Crippen LogP contribution in [-0.2, 0) is 0 Å². The fraction of sp³-hybridized carbons (Fsp3) is 0.280. The van der Waals surface area contributed by atoms with Crippen LogP contribution in [0.1, 0.15) is 52.1 Å². The van der Waals surface area contributed by atoms with Crippen LogP contribution < -0.4 is 10.6 Å². The number of hydrogen-bond acceptors (Lipinski definition) is 4. The molecule has 1 aliphatic rings. The molecule has 1 aliphatic heterocycles. The maximum atomic E-state index is 12.4. The molecule has 0 saturated carbocycles. The van der Waals surface area contributed by atoms with E-state index in [1.54, 1.807) is 37.5 Å². The molecule has 2 amide bonds. The summed E-state index contributed by atoms with van der Waals surface area (Å²) in [4.78, 5) is 30.5. The molecule has 1 atom stereocenters. The number of carbonyl (C=O) groups is 2. The molecule has 0 radical (unpaired) electrons.